The van der Waals surface area contributed by atoms with Crippen molar-refractivity contribution in [3.8, 4) is 27.4 Å². The Hall–Kier alpha value is -2.86. The standard InChI is InChI=1S/C18H17N3O2S/c1-9-3-4-14(22)10(2)15(9)12-7-11(18-21-5-6-24-18)8-13(16(12)19)17(20)23/h3-8,22H,19H2,1-2H3,(H2,20,23). The monoisotopic (exact) mass is 339 g/mol. The smallest absolute Gasteiger partial charge is 0.250 e. The summed E-state index contributed by atoms with van der Waals surface area (Å²) in [5, 5.41) is 12.7. The molecule has 0 unspecified atom stereocenters. The summed E-state index contributed by atoms with van der Waals surface area (Å²) in [5.74, 6) is -0.419. The van der Waals surface area contributed by atoms with Crippen molar-refractivity contribution in [3.05, 3.63) is 52.5 Å². The van der Waals surface area contributed by atoms with Crippen LogP contribution in [0.15, 0.2) is 35.8 Å². The molecule has 0 radical (unpaired) electrons. The highest BCUT2D eigenvalue weighted by Crippen LogP contribution is 2.39. The Kier molecular flexibility index (Phi) is 3.99. The predicted octanol–water partition coefficient (Wildman–Crippen LogP) is 3.48. The number of anilines is 1. The molecule has 6 heteroatoms. The maximum absolute atomic E-state index is 11.8. The van der Waals surface area contributed by atoms with Gasteiger partial charge in [0.1, 0.15) is 10.8 Å². The van der Waals surface area contributed by atoms with E-state index in [1.165, 1.54) is 11.3 Å². The summed E-state index contributed by atoms with van der Waals surface area (Å²) >= 11 is 1.46. The fourth-order valence-electron chi connectivity index (χ4n) is 2.80. The number of carbonyl (C=O) groups excluding carboxylic acids is 1. The third-order valence-corrected chi connectivity index (χ3v) is 4.86. The zero-order valence-corrected chi connectivity index (χ0v) is 14.1. The summed E-state index contributed by atoms with van der Waals surface area (Å²) < 4.78 is 0. The zero-order valence-electron chi connectivity index (χ0n) is 13.3. The Bertz CT molecular complexity index is 934. The second-order valence-corrected chi connectivity index (χ2v) is 6.48. The van der Waals surface area contributed by atoms with Gasteiger partial charge in [0.25, 0.3) is 5.91 Å². The molecule has 1 amide bonds. The summed E-state index contributed by atoms with van der Waals surface area (Å²) in [6.45, 7) is 3.75. The first-order valence-corrected chi connectivity index (χ1v) is 8.21. The number of phenols is 1. The number of aromatic hydroxyl groups is 1. The van der Waals surface area contributed by atoms with Gasteiger partial charge in [-0.05, 0) is 48.7 Å². The van der Waals surface area contributed by atoms with Gasteiger partial charge < -0.3 is 16.6 Å². The van der Waals surface area contributed by atoms with Crippen LogP contribution in [0.3, 0.4) is 0 Å². The van der Waals surface area contributed by atoms with Crippen LogP contribution in [-0.2, 0) is 0 Å². The molecule has 0 fully saturated rings. The number of nitrogens with zero attached hydrogens (tertiary/aromatic N) is 1. The number of nitrogen functional groups attached to an aromatic ring is 1. The highest BCUT2D eigenvalue weighted by Gasteiger charge is 2.19. The summed E-state index contributed by atoms with van der Waals surface area (Å²) in [5.41, 5.74) is 16.2. The molecule has 3 aromatic rings. The van der Waals surface area contributed by atoms with Gasteiger partial charge in [-0.3, -0.25) is 4.79 Å². The van der Waals surface area contributed by atoms with Gasteiger partial charge >= 0.3 is 0 Å². The van der Waals surface area contributed by atoms with Gasteiger partial charge in [0, 0.05) is 22.7 Å². The number of benzene rings is 2. The summed E-state index contributed by atoms with van der Waals surface area (Å²) in [4.78, 5) is 16.1. The molecule has 5 nitrogen and oxygen atoms in total. The minimum absolute atomic E-state index is 0.176. The number of rotatable bonds is 3. The predicted molar refractivity (Wildman–Crippen MR) is 97.1 cm³/mol. The molecule has 0 saturated heterocycles. The van der Waals surface area contributed by atoms with Crippen LogP contribution >= 0.6 is 11.3 Å². The van der Waals surface area contributed by atoms with E-state index in [1.807, 2.05) is 31.4 Å². The Morgan fingerprint density at radius 1 is 1.25 bits per heavy atom. The summed E-state index contributed by atoms with van der Waals surface area (Å²) in [7, 11) is 0. The highest BCUT2D eigenvalue weighted by molar-refractivity contribution is 7.13. The van der Waals surface area contributed by atoms with Crippen molar-refractivity contribution in [1.82, 2.24) is 4.98 Å². The van der Waals surface area contributed by atoms with Gasteiger partial charge in [0.2, 0.25) is 0 Å². The third kappa shape index (κ3) is 2.61. The minimum Gasteiger partial charge on any atom is -0.508 e. The molecule has 0 bridgehead atoms. The van der Waals surface area contributed by atoms with E-state index < -0.39 is 5.91 Å². The lowest BCUT2D eigenvalue weighted by Crippen LogP contribution is -2.14. The molecule has 0 aliphatic heterocycles. The minimum atomic E-state index is -0.595. The molecule has 5 N–H and O–H groups in total. The molecule has 1 aromatic heterocycles. The molecular weight excluding hydrogens is 322 g/mol. The molecule has 0 aliphatic carbocycles. The van der Waals surface area contributed by atoms with E-state index in [9.17, 15) is 9.90 Å². The number of hydrogen-bond donors (Lipinski definition) is 3. The molecule has 0 atom stereocenters. The number of phenolic OH excluding ortho intramolecular Hbond substituents is 1. The maximum Gasteiger partial charge on any atom is 0.250 e. The fraction of sp³-hybridized carbons (Fsp3) is 0.111. The van der Waals surface area contributed by atoms with Crippen LogP contribution < -0.4 is 11.5 Å². The lowest BCUT2D eigenvalue weighted by molar-refractivity contribution is 0.100. The van der Waals surface area contributed by atoms with Crippen molar-refractivity contribution in [2.24, 2.45) is 5.73 Å². The maximum atomic E-state index is 11.8. The SMILES string of the molecule is Cc1ccc(O)c(C)c1-c1cc(-c2nccs2)cc(C(N)=O)c1N. The highest BCUT2D eigenvalue weighted by atomic mass is 32.1. The van der Waals surface area contributed by atoms with Gasteiger partial charge in [-0.2, -0.15) is 0 Å². The number of carbonyl (C=O) groups is 1. The number of hydrogen-bond acceptors (Lipinski definition) is 5. The molecular formula is C18H17N3O2S. The van der Waals surface area contributed by atoms with Crippen molar-refractivity contribution in [2.45, 2.75) is 13.8 Å². The van der Waals surface area contributed by atoms with Crippen molar-refractivity contribution in [3.63, 3.8) is 0 Å². The fourth-order valence-corrected chi connectivity index (χ4v) is 3.43. The number of amides is 1. The van der Waals surface area contributed by atoms with Gasteiger partial charge in [0.15, 0.2) is 0 Å². The number of nitrogens with two attached hydrogens (primary N) is 2. The van der Waals surface area contributed by atoms with Gasteiger partial charge in [0.05, 0.1) is 11.3 Å². The molecule has 122 valence electrons. The molecule has 2 aromatic carbocycles. The Morgan fingerprint density at radius 3 is 2.62 bits per heavy atom. The van der Waals surface area contributed by atoms with E-state index in [4.69, 9.17) is 11.5 Å². The van der Waals surface area contributed by atoms with Crippen LogP contribution in [0.5, 0.6) is 5.75 Å². The van der Waals surface area contributed by atoms with Crippen LogP contribution in [0.25, 0.3) is 21.7 Å². The van der Waals surface area contributed by atoms with Gasteiger partial charge in [-0.25, -0.2) is 4.98 Å². The number of primary amides is 1. The summed E-state index contributed by atoms with van der Waals surface area (Å²) in [6, 6.07) is 7.00. The second kappa shape index (κ2) is 5.98. The van der Waals surface area contributed by atoms with Gasteiger partial charge in [-0.1, -0.05) is 6.07 Å². The van der Waals surface area contributed by atoms with E-state index in [0.717, 1.165) is 21.7 Å². The van der Waals surface area contributed by atoms with E-state index in [0.29, 0.717) is 16.8 Å². The molecule has 1 heterocycles. The zero-order chi connectivity index (χ0) is 17.4. The van der Waals surface area contributed by atoms with E-state index in [2.05, 4.69) is 4.98 Å². The van der Waals surface area contributed by atoms with E-state index in [1.54, 1.807) is 18.3 Å². The average molecular weight is 339 g/mol. The second-order valence-electron chi connectivity index (χ2n) is 5.59. The first-order chi connectivity index (χ1) is 11.4. The van der Waals surface area contributed by atoms with Crippen molar-refractivity contribution in [1.29, 1.82) is 0 Å². The molecule has 0 aliphatic rings. The Morgan fingerprint density at radius 2 is 2.00 bits per heavy atom. The van der Waals surface area contributed by atoms with Crippen LogP contribution in [0.2, 0.25) is 0 Å². The lowest BCUT2D eigenvalue weighted by atomic mass is 9.90. The number of thiazole rings is 1. The first-order valence-electron chi connectivity index (χ1n) is 7.33. The van der Waals surface area contributed by atoms with Crippen LogP contribution in [0.1, 0.15) is 21.5 Å². The molecule has 0 spiro atoms. The largest absolute Gasteiger partial charge is 0.508 e. The van der Waals surface area contributed by atoms with Crippen molar-refractivity contribution in [2.75, 3.05) is 5.73 Å². The molecule has 24 heavy (non-hydrogen) atoms. The van der Waals surface area contributed by atoms with Gasteiger partial charge in [-0.15, -0.1) is 11.3 Å². The van der Waals surface area contributed by atoms with Crippen LogP contribution in [0, 0.1) is 13.8 Å². The summed E-state index contributed by atoms with van der Waals surface area (Å²) in [6.07, 6.45) is 1.70. The molecule has 3 rings (SSSR count). The van der Waals surface area contributed by atoms with Crippen molar-refractivity contribution >= 4 is 22.9 Å². The van der Waals surface area contributed by atoms with E-state index >= 15 is 0 Å². The third-order valence-electron chi connectivity index (χ3n) is 4.04. The number of aryl methyl sites for hydroxylation is 1. The topological polar surface area (TPSA) is 102 Å². The first kappa shape index (κ1) is 16.0. The van der Waals surface area contributed by atoms with E-state index in [-0.39, 0.29) is 11.3 Å². The van der Waals surface area contributed by atoms with Crippen LogP contribution in [0.4, 0.5) is 5.69 Å². The Labute approximate surface area is 143 Å². The molecule has 0 saturated carbocycles. The lowest BCUT2D eigenvalue weighted by Gasteiger charge is -2.16. The van der Waals surface area contributed by atoms with Crippen molar-refractivity contribution < 1.29 is 9.90 Å². The Balaban J connectivity index is 2.36. The average Bonchev–Trinajstić information content (AvgIpc) is 3.07. The quantitative estimate of drug-likeness (QED) is 0.636. The normalized spacial score (nSPS) is 10.8. The van der Waals surface area contributed by atoms with Crippen LogP contribution in [-0.4, -0.2) is 16.0 Å². The number of aromatic nitrogens is 1.